The molecular formula is C28H25N3. The maximum absolute atomic E-state index is 4.91. The molecule has 152 valence electrons. The maximum atomic E-state index is 4.91. The van der Waals surface area contributed by atoms with E-state index in [1.165, 1.54) is 33.5 Å². The van der Waals surface area contributed by atoms with Gasteiger partial charge in [0.15, 0.2) is 0 Å². The van der Waals surface area contributed by atoms with Gasteiger partial charge in [-0.05, 0) is 71.4 Å². The summed E-state index contributed by atoms with van der Waals surface area (Å²) in [6.07, 6.45) is 8.71. The molecule has 3 nitrogen and oxygen atoms in total. The van der Waals surface area contributed by atoms with Crippen molar-refractivity contribution in [2.24, 2.45) is 4.99 Å². The van der Waals surface area contributed by atoms with E-state index in [9.17, 15) is 0 Å². The second kappa shape index (κ2) is 8.97. The molecule has 2 aromatic heterocycles. The third-order valence-electron chi connectivity index (χ3n) is 5.80. The number of hydrogen-bond acceptors (Lipinski definition) is 2. The quantitative estimate of drug-likeness (QED) is 0.414. The Morgan fingerprint density at radius 3 is 2.35 bits per heavy atom. The van der Waals surface area contributed by atoms with Gasteiger partial charge < -0.3 is 4.98 Å². The van der Waals surface area contributed by atoms with E-state index in [1.807, 2.05) is 24.7 Å². The Morgan fingerprint density at radius 2 is 1.61 bits per heavy atom. The number of rotatable bonds is 5. The second-order valence-electron chi connectivity index (χ2n) is 7.86. The largest absolute Gasteiger partial charge is 0.361 e. The molecule has 3 heterocycles. The third kappa shape index (κ3) is 4.26. The van der Waals surface area contributed by atoms with E-state index in [0.29, 0.717) is 0 Å². The van der Waals surface area contributed by atoms with Gasteiger partial charge in [0.05, 0.1) is 5.71 Å². The fourth-order valence-electron chi connectivity index (χ4n) is 4.25. The molecule has 0 radical (unpaired) electrons. The van der Waals surface area contributed by atoms with Crippen molar-refractivity contribution in [3.8, 4) is 11.1 Å². The van der Waals surface area contributed by atoms with E-state index < -0.39 is 0 Å². The Kier molecular flexibility index (Phi) is 5.57. The molecular weight excluding hydrogens is 378 g/mol. The summed E-state index contributed by atoms with van der Waals surface area (Å²) in [5, 5.41) is 0. The summed E-state index contributed by atoms with van der Waals surface area (Å²) in [5.74, 6) is 0. The number of hydrogen-bond donors (Lipinski definition) is 1. The number of nitrogens with zero attached hydrogens (tertiary/aromatic N) is 2. The number of benzene rings is 2. The van der Waals surface area contributed by atoms with E-state index in [1.54, 1.807) is 0 Å². The van der Waals surface area contributed by atoms with Crippen molar-refractivity contribution < 1.29 is 0 Å². The first-order valence-corrected chi connectivity index (χ1v) is 10.8. The number of allylic oxidation sites excluding steroid dienone is 2. The molecule has 1 N–H and O–H groups in total. The lowest BCUT2D eigenvalue weighted by atomic mass is 9.88. The fourth-order valence-corrected chi connectivity index (χ4v) is 4.25. The normalized spacial score (nSPS) is 15.4. The minimum Gasteiger partial charge on any atom is -0.361 e. The number of aromatic amines is 1. The van der Waals surface area contributed by atoms with Crippen LogP contribution in [0.25, 0.3) is 16.7 Å². The van der Waals surface area contributed by atoms with Crippen LogP contribution in [-0.4, -0.2) is 22.2 Å². The third-order valence-corrected chi connectivity index (χ3v) is 5.80. The maximum Gasteiger partial charge on any atom is 0.0697 e. The van der Waals surface area contributed by atoms with Crippen molar-refractivity contribution in [3.05, 3.63) is 120 Å². The molecule has 1 aliphatic rings. The summed E-state index contributed by atoms with van der Waals surface area (Å²) >= 11 is 0. The SMILES string of the molecule is c1ccc(-c2ccc(CC(=C3CCCN=C3c3cccnc3)c3ccc[nH]3)cc2)cc1. The zero-order valence-electron chi connectivity index (χ0n) is 17.5. The minimum atomic E-state index is 0.865. The van der Waals surface area contributed by atoms with Crippen molar-refractivity contribution in [3.63, 3.8) is 0 Å². The first-order valence-electron chi connectivity index (χ1n) is 10.8. The predicted octanol–water partition coefficient (Wildman–Crippen LogP) is 6.36. The molecule has 0 aliphatic carbocycles. The molecule has 0 amide bonds. The number of pyridine rings is 1. The highest BCUT2D eigenvalue weighted by atomic mass is 14.8. The van der Waals surface area contributed by atoms with Gasteiger partial charge in [-0.25, -0.2) is 0 Å². The van der Waals surface area contributed by atoms with Crippen LogP contribution in [0.3, 0.4) is 0 Å². The zero-order valence-corrected chi connectivity index (χ0v) is 17.5. The summed E-state index contributed by atoms with van der Waals surface area (Å²) < 4.78 is 0. The number of H-pyrrole nitrogens is 1. The van der Waals surface area contributed by atoms with Crippen molar-refractivity contribution in [2.45, 2.75) is 19.3 Å². The van der Waals surface area contributed by atoms with Crippen LogP contribution < -0.4 is 0 Å². The molecule has 0 saturated heterocycles. The Balaban J connectivity index is 1.53. The van der Waals surface area contributed by atoms with Crippen molar-refractivity contribution >= 4 is 11.3 Å². The molecule has 3 heteroatoms. The van der Waals surface area contributed by atoms with E-state index in [2.05, 4.69) is 82.8 Å². The number of nitrogens with one attached hydrogen (secondary N) is 1. The van der Waals surface area contributed by atoms with Crippen LogP contribution in [0.4, 0.5) is 0 Å². The van der Waals surface area contributed by atoms with Crippen LogP contribution >= 0.6 is 0 Å². The second-order valence-corrected chi connectivity index (χ2v) is 7.86. The standard InChI is InChI=1S/C28H25N3/c1-2-7-22(8-3-1)23-14-12-21(13-15-23)19-26(27-11-6-17-30-27)25-10-5-18-31-28(25)24-9-4-16-29-20-24/h1-4,6-9,11-17,20,30H,5,10,18-19H2. The Labute approximate surface area is 183 Å². The Morgan fingerprint density at radius 1 is 0.806 bits per heavy atom. The summed E-state index contributed by atoms with van der Waals surface area (Å²) in [4.78, 5) is 12.7. The molecule has 0 unspecified atom stereocenters. The molecule has 5 rings (SSSR count). The Hall–Kier alpha value is -3.72. The highest BCUT2D eigenvalue weighted by Crippen LogP contribution is 2.31. The van der Waals surface area contributed by atoms with Gasteiger partial charge >= 0.3 is 0 Å². The molecule has 31 heavy (non-hydrogen) atoms. The first-order chi connectivity index (χ1) is 15.4. The van der Waals surface area contributed by atoms with Gasteiger partial charge in [-0.2, -0.15) is 0 Å². The van der Waals surface area contributed by atoms with Gasteiger partial charge in [0.1, 0.15) is 0 Å². The van der Waals surface area contributed by atoms with Crippen molar-refractivity contribution in [2.75, 3.05) is 6.54 Å². The van der Waals surface area contributed by atoms with Crippen molar-refractivity contribution in [1.82, 2.24) is 9.97 Å². The van der Waals surface area contributed by atoms with E-state index >= 15 is 0 Å². The summed E-state index contributed by atoms with van der Waals surface area (Å²) in [6, 6.07) is 27.8. The lowest BCUT2D eigenvalue weighted by molar-refractivity contribution is 0.814. The molecule has 0 atom stereocenters. The van der Waals surface area contributed by atoms with Gasteiger partial charge in [0.2, 0.25) is 0 Å². The molecule has 0 spiro atoms. The Bertz CT molecular complexity index is 1190. The highest BCUT2D eigenvalue weighted by Gasteiger charge is 2.20. The summed E-state index contributed by atoms with van der Waals surface area (Å²) in [6.45, 7) is 0.873. The molecule has 0 saturated carbocycles. The molecule has 2 aromatic carbocycles. The van der Waals surface area contributed by atoms with E-state index in [0.717, 1.165) is 37.1 Å². The lowest BCUT2D eigenvalue weighted by Crippen LogP contribution is -2.15. The number of aromatic nitrogens is 2. The average molecular weight is 404 g/mol. The average Bonchev–Trinajstić information content (AvgIpc) is 3.39. The summed E-state index contributed by atoms with van der Waals surface area (Å²) in [7, 11) is 0. The van der Waals surface area contributed by atoms with Crippen LogP contribution in [0.2, 0.25) is 0 Å². The topological polar surface area (TPSA) is 41.0 Å². The smallest absolute Gasteiger partial charge is 0.0697 e. The van der Waals surface area contributed by atoms with E-state index in [4.69, 9.17) is 4.99 Å². The van der Waals surface area contributed by atoms with Gasteiger partial charge in [-0.15, -0.1) is 0 Å². The monoisotopic (exact) mass is 403 g/mol. The van der Waals surface area contributed by atoms with E-state index in [-0.39, 0.29) is 0 Å². The molecule has 4 aromatic rings. The van der Waals surface area contributed by atoms with Gasteiger partial charge in [0, 0.05) is 36.4 Å². The van der Waals surface area contributed by atoms with Gasteiger partial charge in [-0.3, -0.25) is 9.98 Å². The molecule has 0 bridgehead atoms. The molecule has 0 fully saturated rings. The van der Waals surface area contributed by atoms with Crippen LogP contribution in [0.5, 0.6) is 0 Å². The molecule has 1 aliphatic heterocycles. The first kappa shape index (κ1) is 19.3. The fraction of sp³-hybridized carbons (Fsp3) is 0.143. The lowest BCUT2D eigenvalue weighted by Gasteiger charge is -2.21. The predicted molar refractivity (Wildman–Crippen MR) is 128 cm³/mol. The highest BCUT2D eigenvalue weighted by molar-refractivity contribution is 6.16. The van der Waals surface area contributed by atoms with Crippen LogP contribution in [0.15, 0.2) is 108 Å². The number of aliphatic imine (C=N–C) groups is 1. The minimum absolute atomic E-state index is 0.865. The van der Waals surface area contributed by atoms with Crippen molar-refractivity contribution in [1.29, 1.82) is 0 Å². The summed E-state index contributed by atoms with van der Waals surface area (Å²) in [5.41, 5.74) is 9.79. The van der Waals surface area contributed by atoms with Crippen LogP contribution in [-0.2, 0) is 6.42 Å². The van der Waals surface area contributed by atoms with Gasteiger partial charge in [-0.1, -0.05) is 54.6 Å². The zero-order chi connectivity index (χ0) is 20.9. The van der Waals surface area contributed by atoms with Crippen LogP contribution in [0, 0.1) is 0 Å². The van der Waals surface area contributed by atoms with Gasteiger partial charge in [0.25, 0.3) is 0 Å². The van der Waals surface area contributed by atoms with Crippen LogP contribution in [0.1, 0.15) is 29.7 Å².